The van der Waals surface area contributed by atoms with Gasteiger partial charge in [-0.1, -0.05) is 76.2 Å². The summed E-state index contributed by atoms with van der Waals surface area (Å²) >= 11 is 0. The van der Waals surface area contributed by atoms with Crippen molar-refractivity contribution in [1.29, 1.82) is 0 Å². The third-order valence-corrected chi connectivity index (χ3v) is 6.11. The van der Waals surface area contributed by atoms with Crippen molar-refractivity contribution in [2.45, 2.75) is 46.1 Å². The number of hydrogen-bond donors (Lipinski definition) is 2. The number of aliphatic carboxylic acids is 1. The van der Waals surface area contributed by atoms with Crippen LogP contribution in [-0.4, -0.2) is 53.7 Å². The van der Waals surface area contributed by atoms with E-state index in [9.17, 15) is 14.4 Å². The monoisotopic (exact) mass is 466 g/mol. The first-order valence-electron chi connectivity index (χ1n) is 11.8. The molecule has 0 heterocycles. The lowest BCUT2D eigenvalue weighted by Crippen LogP contribution is -2.45. The fraction of sp³-hybridized carbons (Fsp3) is 0.444. The molecule has 2 aromatic rings. The molecular weight excluding hydrogens is 432 g/mol. The molecule has 0 fully saturated rings. The van der Waals surface area contributed by atoms with Crippen LogP contribution in [0.2, 0.25) is 0 Å². The predicted octanol–water partition coefficient (Wildman–Crippen LogP) is 4.51. The average Bonchev–Trinajstić information content (AvgIpc) is 3.10. The Kier molecular flexibility index (Phi) is 8.31. The van der Waals surface area contributed by atoms with Crippen LogP contribution in [-0.2, 0) is 14.3 Å². The summed E-state index contributed by atoms with van der Waals surface area (Å²) in [6, 6.07) is 15.8. The standard InChI is InChI=1S/C27H34N2O5/c1-17(2)14-29(15-26(31)32)25(30)13-24(18(3)4)28-27(33)34-16-23-21-11-7-5-9-19(21)20-10-6-8-12-22(20)23/h5-12,17-18,23-24H,13-16H2,1-4H3,(H,28,33)(H,31,32)/t24-/m1/s1. The summed E-state index contributed by atoms with van der Waals surface area (Å²) in [5.74, 6) is -1.30. The van der Waals surface area contributed by atoms with Gasteiger partial charge in [0.15, 0.2) is 0 Å². The lowest BCUT2D eigenvalue weighted by molar-refractivity contribution is -0.145. The van der Waals surface area contributed by atoms with Gasteiger partial charge in [-0.05, 0) is 34.1 Å². The number of carbonyl (C=O) groups is 3. The lowest BCUT2D eigenvalue weighted by atomic mass is 9.98. The molecule has 2 aromatic carbocycles. The number of amides is 2. The van der Waals surface area contributed by atoms with E-state index in [4.69, 9.17) is 9.84 Å². The van der Waals surface area contributed by atoms with Crippen LogP contribution < -0.4 is 5.32 Å². The van der Waals surface area contributed by atoms with Crippen LogP contribution in [0.3, 0.4) is 0 Å². The quantitative estimate of drug-likeness (QED) is 0.537. The molecule has 0 aliphatic heterocycles. The first-order valence-corrected chi connectivity index (χ1v) is 11.8. The molecular formula is C27H34N2O5. The first kappa shape index (κ1) is 25.3. The number of nitrogens with one attached hydrogen (secondary N) is 1. The van der Waals surface area contributed by atoms with Gasteiger partial charge >= 0.3 is 12.1 Å². The molecule has 2 N–H and O–H groups in total. The number of rotatable bonds is 10. The smallest absolute Gasteiger partial charge is 0.407 e. The number of carboxylic acids is 1. The second-order valence-electron chi connectivity index (χ2n) is 9.59. The summed E-state index contributed by atoms with van der Waals surface area (Å²) < 4.78 is 5.62. The van der Waals surface area contributed by atoms with Gasteiger partial charge in [0.25, 0.3) is 0 Å². The van der Waals surface area contributed by atoms with Gasteiger partial charge in [0.2, 0.25) is 5.91 Å². The summed E-state index contributed by atoms with van der Waals surface area (Å²) in [6.07, 6.45) is -0.566. The Morgan fingerprint density at radius 1 is 0.971 bits per heavy atom. The molecule has 0 bridgehead atoms. The number of nitrogens with zero attached hydrogens (tertiary/aromatic N) is 1. The molecule has 0 saturated carbocycles. The molecule has 0 aromatic heterocycles. The fourth-order valence-electron chi connectivity index (χ4n) is 4.42. The van der Waals surface area contributed by atoms with Gasteiger partial charge in [0.05, 0.1) is 0 Å². The molecule has 1 aliphatic rings. The molecule has 7 nitrogen and oxygen atoms in total. The van der Waals surface area contributed by atoms with Crippen molar-refractivity contribution in [3.63, 3.8) is 0 Å². The Hall–Kier alpha value is -3.35. The number of fused-ring (bicyclic) bond motifs is 3. The van der Waals surface area contributed by atoms with E-state index in [0.717, 1.165) is 22.3 Å². The minimum absolute atomic E-state index is 0.0157. The van der Waals surface area contributed by atoms with Crippen molar-refractivity contribution in [3.05, 3.63) is 59.7 Å². The summed E-state index contributed by atoms with van der Waals surface area (Å²) in [5.41, 5.74) is 4.57. The molecule has 7 heteroatoms. The van der Waals surface area contributed by atoms with Crippen LogP contribution in [0.15, 0.2) is 48.5 Å². The van der Waals surface area contributed by atoms with Gasteiger partial charge in [0.1, 0.15) is 13.2 Å². The van der Waals surface area contributed by atoms with E-state index in [1.54, 1.807) is 0 Å². The summed E-state index contributed by atoms with van der Waals surface area (Å²) in [5, 5.41) is 12.0. The normalized spacial score (nSPS) is 13.4. The van der Waals surface area contributed by atoms with Gasteiger partial charge in [-0.25, -0.2) is 4.79 Å². The van der Waals surface area contributed by atoms with Crippen molar-refractivity contribution in [3.8, 4) is 11.1 Å². The maximum absolute atomic E-state index is 12.8. The predicted molar refractivity (Wildman–Crippen MR) is 131 cm³/mol. The summed E-state index contributed by atoms with van der Waals surface area (Å²) in [4.78, 5) is 38.0. The fourth-order valence-corrected chi connectivity index (χ4v) is 4.42. The van der Waals surface area contributed by atoms with Crippen molar-refractivity contribution >= 4 is 18.0 Å². The maximum Gasteiger partial charge on any atom is 0.407 e. The third-order valence-electron chi connectivity index (χ3n) is 6.11. The number of carboxylic acid groups (broad SMARTS) is 1. The Balaban J connectivity index is 1.63. The zero-order valence-electron chi connectivity index (χ0n) is 20.3. The number of carbonyl (C=O) groups excluding carboxylic acids is 2. The number of hydrogen-bond acceptors (Lipinski definition) is 4. The van der Waals surface area contributed by atoms with Crippen LogP contribution in [0, 0.1) is 11.8 Å². The first-order chi connectivity index (χ1) is 16.2. The molecule has 1 aliphatic carbocycles. The van der Waals surface area contributed by atoms with E-state index < -0.39 is 18.1 Å². The molecule has 0 radical (unpaired) electrons. The van der Waals surface area contributed by atoms with Crippen molar-refractivity contribution in [2.75, 3.05) is 19.7 Å². The van der Waals surface area contributed by atoms with Crippen molar-refractivity contribution < 1.29 is 24.2 Å². The van der Waals surface area contributed by atoms with E-state index in [2.05, 4.69) is 29.6 Å². The highest BCUT2D eigenvalue weighted by Gasteiger charge is 2.30. The van der Waals surface area contributed by atoms with Crippen LogP contribution >= 0.6 is 0 Å². The van der Waals surface area contributed by atoms with E-state index in [1.165, 1.54) is 4.90 Å². The lowest BCUT2D eigenvalue weighted by Gasteiger charge is -2.27. The highest BCUT2D eigenvalue weighted by molar-refractivity contribution is 5.82. The zero-order valence-corrected chi connectivity index (χ0v) is 20.3. The number of ether oxygens (including phenoxy) is 1. The number of alkyl carbamates (subject to hydrolysis) is 1. The Morgan fingerprint density at radius 3 is 2.03 bits per heavy atom. The van der Waals surface area contributed by atoms with Gasteiger partial charge in [-0.3, -0.25) is 9.59 Å². The number of benzene rings is 2. The Morgan fingerprint density at radius 2 is 1.53 bits per heavy atom. The van der Waals surface area contributed by atoms with Crippen LogP contribution in [0.4, 0.5) is 4.79 Å². The molecule has 2 amide bonds. The largest absolute Gasteiger partial charge is 0.480 e. The van der Waals surface area contributed by atoms with E-state index in [0.29, 0.717) is 6.54 Å². The minimum Gasteiger partial charge on any atom is -0.480 e. The second-order valence-corrected chi connectivity index (χ2v) is 9.59. The molecule has 3 rings (SSSR count). The maximum atomic E-state index is 12.8. The summed E-state index contributed by atoms with van der Waals surface area (Å²) in [7, 11) is 0. The van der Waals surface area contributed by atoms with Gasteiger partial charge in [0, 0.05) is 24.9 Å². The highest BCUT2D eigenvalue weighted by atomic mass is 16.5. The van der Waals surface area contributed by atoms with Gasteiger partial charge in [-0.2, -0.15) is 0 Å². The highest BCUT2D eigenvalue weighted by Crippen LogP contribution is 2.44. The average molecular weight is 467 g/mol. The topological polar surface area (TPSA) is 95.9 Å². The van der Waals surface area contributed by atoms with Crippen molar-refractivity contribution in [2.24, 2.45) is 11.8 Å². The molecule has 0 spiro atoms. The minimum atomic E-state index is -1.06. The van der Waals surface area contributed by atoms with Crippen LogP contribution in [0.25, 0.3) is 11.1 Å². The van der Waals surface area contributed by atoms with E-state index >= 15 is 0 Å². The molecule has 0 saturated heterocycles. The molecule has 0 unspecified atom stereocenters. The Bertz CT molecular complexity index is 988. The van der Waals surface area contributed by atoms with E-state index in [1.807, 2.05) is 52.0 Å². The third kappa shape index (κ3) is 6.16. The molecule has 1 atom stereocenters. The van der Waals surface area contributed by atoms with Crippen molar-refractivity contribution in [1.82, 2.24) is 10.2 Å². The van der Waals surface area contributed by atoms with Crippen LogP contribution in [0.1, 0.15) is 51.2 Å². The molecule has 182 valence electrons. The van der Waals surface area contributed by atoms with E-state index in [-0.39, 0.29) is 43.2 Å². The summed E-state index contributed by atoms with van der Waals surface area (Å²) in [6.45, 7) is 7.86. The Labute approximate surface area is 201 Å². The zero-order chi connectivity index (χ0) is 24.8. The van der Waals surface area contributed by atoms with Gasteiger partial charge in [-0.15, -0.1) is 0 Å². The van der Waals surface area contributed by atoms with Gasteiger partial charge < -0.3 is 20.1 Å². The second kappa shape index (κ2) is 11.2. The SMILES string of the molecule is CC(C)CN(CC(=O)O)C(=O)C[C@@H](NC(=O)OCC1c2ccccc2-c2ccccc21)C(C)C. The van der Waals surface area contributed by atoms with Crippen LogP contribution in [0.5, 0.6) is 0 Å². The molecule has 34 heavy (non-hydrogen) atoms.